The van der Waals surface area contributed by atoms with Gasteiger partial charge in [0.05, 0.1) is 7.11 Å². The van der Waals surface area contributed by atoms with Crippen LogP contribution in [0.15, 0.2) is 60.7 Å². The number of carbonyl (C=O) groups excluding carboxylic acids is 1. The Balaban J connectivity index is 1.46. The normalized spacial score (nSPS) is 14.1. The minimum Gasteiger partial charge on any atom is -0.496 e. The van der Waals surface area contributed by atoms with Crippen LogP contribution in [0.3, 0.4) is 0 Å². The summed E-state index contributed by atoms with van der Waals surface area (Å²) in [5, 5.41) is 0.729. The fourth-order valence-corrected chi connectivity index (χ4v) is 4.81. The van der Waals surface area contributed by atoms with Crippen molar-refractivity contribution in [3.63, 3.8) is 0 Å². The van der Waals surface area contributed by atoms with Gasteiger partial charge < -0.3 is 19.3 Å². The first-order valence-electron chi connectivity index (χ1n) is 12.4. The van der Waals surface area contributed by atoms with E-state index in [0.717, 1.165) is 40.7 Å². The SMILES string of the molecule is COc1ccc(C(=O)N2CCN(c3cc(Cl)ccc3C)CC2)cc1COc1ccccc1C(C)(C)C. The van der Waals surface area contributed by atoms with Crippen molar-refractivity contribution in [3.05, 3.63) is 87.9 Å². The number of aryl methyl sites for hydroxylation is 1. The zero-order valence-electron chi connectivity index (χ0n) is 21.8. The minimum atomic E-state index is -0.0374. The van der Waals surface area contributed by atoms with Crippen molar-refractivity contribution in [2.45, 2.75) is 39.7 Å². The molecule has 36 heavy (non-hydrogen) atoms. The maximum atomic E-state index is 13.4. The number of amides is 1. The number of carbonyl (C=O) groups is 1. The minimum absolute atomic E-state index is 0.0245. The number of methoxy groups -OCH3 is 1. The van der Waals surface area contributed by atoms with Gasteiger partial charge >= 0.3 is 0 Å². The lowest BCUT2D eigenvalue weighted by Crippen LogP contribution is -2.49. The maximum Gasteiger partial charge on any atom is 0.253 e. The summed E-state index contributed by atoms with van der Waals surface area (Å²) in [7, 11) is 1.64. The van der Waals surface area contributed by atoms with Crippen LogP contribution in [0.4, 0.5) is 5.69 Å². The van der Waals surface area contributed by atoms with Gasteiger partial charge in [0.2, 0.25) is 0 Å². The summed E-state index contributed by atoms with van der Waals surface area (Å²) in [5.41, 5.74) is 4.92. The third-order valence-electron chi connectivity index (χ3n) is 6.68. The van der Waals surface area contributed by atoms with E-state index in [0.29, 0.717) is 31.0 Å². The topological polar surface area (TPSA) is 42.0 Å². The number of hydrogen-bond donors (Lipinski definition) is 0. The molecule has 1 aliphatic rings. The Bertz CT molecular complexity index is 1230. The monoisotopic (exact) mass is 506 g/mol. The van der Waals surface area contributed by atoms with Crippen LogP contribution in [0.25, 0.3) is 0 Å². The second-order valence-corrected chi connectivity index (χ2v) is 10.7. The molecule has 0 radical (unpaired) electrons. The van der Waals surface area contributed by atoms with E-state index in [2.05, 4.69) is 38.7 Å². The lowest BCUT2D eigenvalue weighted by molar-refractivity contribution is 0.0746. The Hall–Kier alpha value is -3.18. The first-order valence-corrected chi connectivity index (χ1v) is 12.7. The first kappa shape index (κ1) is 25.9. The van der Waals surface area contributed by atoms with E-state index in [-0.39, 0.29) is 11.3 Å². The van der Waals surface area contributed by atoms with Gasteiger partial charge in [0, 0.05) is 48.0 Å². The number of ether oxygens (including phenoxy) is 2. The molecular weight excluding hydrogens is 472 g/mol. The van der Waals surface area contributed by atoms with Gasteiger partial charge in [-0.15, -0.1) is 0 Å². The van der Waals surface area contributed by atoms with Crippen molar-refractivity contribution in [1.82, 2.24) is 4.90 Å². The van der Waals surface area contributed by atoms with Gasteiger partial charge in [-0.25, -0.2) is 0 Å². The van der Waals surface area contributed by atoms with Crippen LogP contribution >= 0.6 is 11.6 Å². The van der Waals surface area contributed by atoms with Crippen molar-refractivity contribution < 1.29 is 14.3 Å². The van der Waals surface area contributed by atoms with Crippen molar-refractivity contribution in [2.75, 3.05) is 38.2 Å². The predicted molar refractivity (Wildman–Crippen MR) is 147 cm³/mol. The second-order valence-electron chi connectivity index (χ2n) is 10.3. The Morgan fingerprint density at radius 1 is 0.944 bits per heavy atom. The Labute approximate surface area is 219 Å². The molecule has 0 saturated carbocycles. The van der Waals surface area contributed by atoms with Crippen LogP contribution in [-0.2, 0) is 12.0 Å². The van der Waals surface area contributed by atoms with Crippen LogP contribution in [0.2, 0.25) is 5.02 Å². The predicted octanol–water partition coefficient (Wildman–Crippen LogP) is 6.50. The third kappa shape index (κ3) is 5.79. The molecule has 6 heteroatoms. The largest absolute Gasteiger partial charge is 0.496 e. The molecule has 0 aromatic heterocycles. The molecule has 0 N–H and O–H groups in total. The van der Waals surface area contributed by atoms with Crippen LogP contribution in [0.1, 0.15) is 47.8 Å². The van der Waals surface area contributed by atoms with Gasteiger partial charge in [-0.1, -0.05) is 56.6 Å². The van der Waals surface area contributed by atoms with E-state index >= 15 is 0 Å². The molecule has 1 fully saturated rings. The van der Waals surface area contributed by atoms with E-state index < -0.39 is 0 Å². The Morgan fingerprint density at radius 3 is 2.36 bits per heavy atom. The number of piperazine rings is 1. The smallest absolute Gasteiger partial charge is 0.253 e. The summed E-state index contributed by atoms with van der Waals surface area (Å²) < 4.78 is 11.8. The standard InChI is InChI=1S/C30H35ClN2O3/c1-21-10-12-24(31)19-26(21)32-14-16-33(17-15-32)29(34)22-11-13-27(35-5)23(18-22)20-36-28-9-7-6-8-25(28)30(2,3)4/h6-13,18-19H,14-17,20H2,1-5H3. The first-order chi connectivity index (χ1) is 17.2. The number of nitrogens with zero attached hydrogens (tertiary/aromatic N) is 2. The van der Waals surface area contributed by atoms with Gasteiger partial charge in [-0.3, -0.25) is 4.79 Å². The number of benzene rings is 3. The average Bonchev–Trinajstić information content (AvgIpc) is 2.88. The molecule has 1 aliphatic heterocycles. The molecule has 0 aliphatic carbocycles. The molecule has 0 unspecified atom stereocenters. The second kappa shape index (κ2) is 10.8. The van der Waals surface area contributed by atoms with Crippen LogP contribution < -0.4 is 14.4 Å². The van der Waals surface area contributed by atoms with E-state index in [9.17, 15) is 4.79 Å². The van der Waals surface area contributed by atoms with Gasteiger partial charge in [0.15, 0.2) is 0 Å². The van der Waals surface area contributed by atoms with Gasteiger partial charge in [-0.05, 0) is 59.9 Å². The highest BCUT2D eigenvalue weighted by atomic mass is 35.5. The summed E-state index contributed by atoms with van der Waals surface area (Å²) in [5.74, 6) is 1.58. The molecule has 1 heterocycles. The number of para-hydroxylation sites is 1. The van der Waals surface area contributed by atoms with Crippen molar-refractivity contribution in [2.24, 2.45) is 0 Å². The van der Waals surface area contributed by atoms with Gasteiger partial charge in [0.1, 0.15) is 18.1 Å². The summed E-state index contributed by atoms with van der Waals surface area (Å²) >= 11 is 6.22. The Kier molecular flexibility index (Phi) is 7.79. The molecule has 4 rings (SSSR count). The molecule has 0 bridgehead atoms. The van der Waals surface area contributed by atoms with Crippen LogP contribution in [0.5, 0.6) is 11.5 Å². The van der Waals surface area contributed by atoms with E-state index in [1.165, 1.54) is 5.56 Å². The molecule has 3 aromatic rings. The molecule has 1 saturated heterocycles. The molecular formula is C30H35ClN2O3. The maximum absolute atomic E-state index is 13.4. The van der Waals surface area contributed by atoms with Crippen LogP contribution in [-0.4, -0.2) is 44.1 Å². The number of hydrogen-bond acceptors (Lipinski definition) is 4. The van der Waals surface area contributed by atoms with Gasteiger partial charge in [-0.2, -0.15) is 0 Å². The number of rotatable bonds is 6. The van der Waals surface area contributed by atoms with Crippen molar-refractivity contribution in [3.8, 4) is 11.5 Å². The molecule has 0 atom stereocenters. The molecule has 190 valence electrons. The van der Waals surface area contributed by atoms with E-state index in [4.69, 9.17) is 21.1 Å². The number of anilines is 1. The molecule has 0 spiro atoms. The van der Waals surface area contributed by atoms with E-state index in [1.54, 1.807) is 7.11 Å². The van der Waals surface area contributed by atoms with Crippen LogP contribution in [0, 0.1) is 6.92 Å². The fraction of sp³-hybridized carbons (Fsp3) is 0.367. The van der Waals surface area contributed by atoms with Gasteiger partial charge in [0.25, 0.3) is 5.91 Å². The van der Waals surface area contributed by atoms with Crippen molar-refractivity contribution in [1.29, 1.82) is 0 Å². The lowest BCUT2D eigenvalue weighted by Gasteiger charge is -2.37. The molecule has 3 aromatic carbocycles. The number of halogens is 1. The molecule has 1 amide bonds. The highest BCUT2D eigenvalue weighted by Crippen LogP contribution is 2.32. The zero-order valence-corrected chi connectivity index (χ0v) is 22.6. The van der Waals surface area contributed by atoms with E-state index in [1.807, 2.05) is 59.5 Å². The summed E-state index contributed by atoms with van der Waals surface area (Å²) in [4.78, 5) is 17.6. The molecule has 5 nitrogen and oxygen atoms in total. The highest BCUT2D eigenvalue weighted by Gasteiger charge is 2.24. The Morgan fingerprint density at radius 2 is 1.67 bits per heavy atom. The summed E-state index contributed by atoms with van der Waals surface area (Å²) in [6.45, 7) is 11.8. The average molecular weight is 507 g/mol. The highest BCUT2D eigenvalue weighted by molar-refractivity contribution is 6.30. The quantitative estimate of drug-likeness (QED) is 0.383. The summed E-state index contributed by atoms with van der Waals surface area (Å²) in [6.07, 6.45) is 0. The zero-order chi connectivity index (χ0) is 25.9. The third-order valence-corrected chi connectivity index (χ3v) is 6.92. The van der Waals surface area contributed by atoms with Crippen molar-refractivity contribution >= 4 is 23.2 Å². The fourth-order valence-electron chi connectivity index (χ4n) is 4.65. The lowest BCUT2D eigenvalue weighted by atomic mass is 9.86. The summed E-state index contributed by atoms with van der Waals surface area (Å²) in [6, 6.07) is 19.6.